The maximum atomic E-state index is 12.2. The van der Waals surface area contributed by atoms with E-state index in [1.807, 2.05) is 45.0 Å². The average molecular weight is 375 g/mol. The lowest BCUT2D eigenvalue weighted by Gasteiger charge is -2.09. The van der Waals surface area contributed by atoms with Gasteiger partial charge in [0.15, 0.2) is 5.96 Å². The molecule has 2 rings (SSSR count). The Morgan fingerprint density at radius 2 is 1.69 bits per heavy atom. The molecule has 0 saturated heterocycles. The summed E-state index contributed by atoms with van der Waals surface area (Å²) in [6, 6.07) is 14.5. The molecule has 140 valence electrons. The first kappa shape index (κ1) is 19.9. The fourth-order valence-corrected chi connectivity index (χ4v) is 3.35. The highest BCUT2D eigenvalue weighted by molar-refractivity contribution is 7.89. The van der Waals surface area contributed by atoms with E-state index in [2.05, 4.69) is 15.0 Å². The molecule has 0 fully saturated rings. The zero-order valence-corrected chi connectivity index (χ0v) is 16.2. The summed E-state index contributed by atoms with van der Waals surface area (Å²) in [5, 5.41) is 3.02. The van der Waals surface area contributed by atoms with Crippen molar-refractivity contribution in [3.8, 4) is 0 Å². The van der Waals surface area contributed by atoms with Gasteiger partial charge in [0.2, 0.25) is 10.0 Å². The van der Waals surface area contributed by atoms with Crippen LogP contribution in [0.1, 0.15) is 25.0 Å². The van der Waals surface area contributed by atoms with Gasteiger partial charge in [-0.1, -0.05) is 43.7 Å². The molecule has 0 radical (unpaired) electrons. The van der Waals surface area contributed by atoms with Crippen LogP contribution in [0.3, 0.4) is 0 Å². The SMILES string of the molecule is Cc1ccc(NC(N)=NCc2ccc(S(=O)(=O)NCC(C)C)cc2)cc1. The minimum atomic E-state index is -3.47. The lowest BCUT2D eigenvalue weighted by molar-refractivity contribution is 0.560. The Balaban J connectivity index is 1.97. The number of aryl methyl sites for hydroxylation is 1. The van der Waals surface area contributed by atoms with E-state index in [0.29, 0.717) is 19.0 Å². The van der Waals surface area contributed by atoms with Gasteiger partial charge >= 0.3 is 0 Å². The molecule has 0 atom stereocenters. The number of guanidine groups is 1. The van der Waals surface area contributed by atoms with Crippen LogP contribution in [-0.4, -0.2) is 20.9 Å². The number of nitrogens with zero attached hydrogens (tertiary/aromatic N) is 1. The van der Waals surface area contributed by atoms with Gasteiger partial charge in [0, 0.05) is 12.2 Å². The highest BCUT2D eigenvalue weighted by Crippen LogP contribution is 2.12. The number of rotatable bonds is 7. The maximum Gasteiger partial charge on any atom is 0.240 e. The number of benzene rings is 2. The van der Waals surface area contributed by atoms with Gasteiger partial charge in [-0.05, 0) is 42.7 Å². The summed E-state index contributed by atoms with van der Waals surface area (Å²) in [5.74, 6) is 0.562. The number of aliphatic imine (C=N–C) groups is 1. The van der Waals surface area contributed by atoms with E-state index in [0.717, 1.165) is 11.3 Å². The van der Waals surface area contributed by atoms with Crippen LogP contribution < -0.4 is 15.8 Å². The zero-order chi connectivity index (χ0) is 19.2. The van der Waals surface area contributed by atoms with Crippen LogP contribution >= 0.6 is 0 Å². The Morgan fingerprint density at radius 3 is 2.27 bits per heavy atom. The predicted molar refractivity (Wildman–Crippen MR) is 107 cm³/mol. The first-order valence-corrected chi connectivity index (χ1v) is 9.97. The summed E-state index contributed by atoms with van der Waals surface area (Å²) < 4.78 is 26.9. The second-order valence-corrected chi connectivity index (χ2v) is 8.35. The number of hydrogen-bond donors (Lipinski definition) is 3. The van der Waals surface area contributed by atoms with Crippen molar-refractivity contribution in [2.75, 3.05) is 11.9 Å². The van der Waals surface area contributed by atoms with Crippen molar-refractivity contribution in [2.24, 2.45) is 16.6 Å². The van der Waals surface area contributed by atoms with E-state index < -0.39 is 10.0 Å². The molecular weight excluding hydrogens is 348 g/mol. The summed E-state index contributed by atoms with van der Waals surface area (Å²) in [4.78, 5) is 4.53. The van der Waals surface area contributed by atoms with E-state index in [1.54, 1.807) is 24.3 Å². The van der Waals surface area contributed by atoms with Crippen molar-refractivity contribution in [1.82, 2.24) is 4.72 Å². The molecule has 7 heteroatoms. The smallest absolute Gasteiger partial charge is 0.240 e. The highest BCUT2D eigenvalue weighted by Gasteiger charge is 2.13. The Labute approximate surface area is 155 Å². The molecule has 6 nitrogen and oxygen atoms in total. The van der Waals surface area contributed by atoms with Crippen LogP contribution in [0, 0.1) is 12.8 Å². The third kappa shape index (κ3) is 6.16. The minimum absolute atomic E-state index is 0.247. The van der Waals surface area contributed by atoms with Crippen LogP contribution in [0.2, 0.25) is 0 Å². The Hall–Kier alpha value is -2.38. The van der Waals surface area contributed by atoms with Crippen molar-refractivity contribution in [3.05, 3.63) is 59.7 Å². The fourth-order valence-electron chi connectivity index (χ4n) is 2.13. The zero-order valence-electron chi connectivity index (χ0n) is 15.4. The molecule has 2 aromatic rings. The maximum absolute atomic E-state index is 12.2. The quantitative estimate of drug-likeness (QED) is 0.513. The van der Waals surface area contributed by atoms with Crippen LogP contribution in [0.4, 0.5) is 5.69 Å². The lowest BCUT2D eigenvalue weighted by atomic mass is 10.2. The molecule has 0 aliphatic carbocycles. The molecule has 0 spiro atoms. The summed E-state index contributed by atoms with van der Waals surface area (Å²) in [7, 11) is -3.47. The normalized spacial score (nSPS) is 12.4. The van der Waals surface area contributed by atoms with Gasteiger partial charge in [0.05, 0.1) is 11.4 Å². The second kappa shape index (κ2) is 8.82. The van der Waals surface area contributed by atoms with Crippen LogP contribution in [0.25, 0.3) is 0 Å². The minimum Gasteiger partial charge on any atom is -0.370 e. The number of hydrogen-bond acceptors (Lipinski definition) is 3. The van der Waals surface area contributed by atoms with Gasteiger partial charge in [0.25, 0.3) is 0 Å². The molecule has 0 aromatic heterocycles. The standard InChI is InChI=1S/C19H26N4O2S/c1-14(2)12-22-26(24,25)18-10-6-16(7-11-18)13-21-19(20)23-17-8-4-15(3)5-9-17/h4-11,14,22H,12-13H2,1-3H3,(H3,20,21,23). The number of nitrogens with two attached hydrogens (primary N) is 1. The van der Waals surface area contributed by atoms with Crippen molar-refractivity contribution in [3.63, 3.8) is 0 Å². The van der Waals surface area contributed by atoms with Crippen LogP contribution in [-0.2, 0) is 16.6 Å². The highest BCUT2D eigenvalue weighted by atomic mass is 32.2. The van der Waals surface area contributed by atoms with Crippen LogP contribution in [0.5, 0.6) is 0 Å². The Morgan fingerprint density at radius 1 is 1.08 bits per heavy atom. The third-order valence-corrected chi connectivity index (χ3v) is 5.11. The lowest BCUT2D eigenvalue weighted by Crippen LogP contribution is -2.27. The Bertz CT molecular complexity index is 842. The first-order chi connectivity index (χ1) is 12.3. The van der Waals surface area contributed by atoms with E-state index in [9.17, 15) is 8.42 Å². The van der Waals surface area contributed by atoms with Crippen molar-refractivity contribution in [2.45, 2.75) is 32.2 Å². The Kier molecular flexibility index (Phi) is 6.76. The van der Waals surface area contributed by atoms with Gasteiger partial charge in [-0.3, -0.25) is 0 Å². The van der Waals surface area contributed by atoms with Gasteiger partial charge in [-0.25, -0.2) is 18.1 Å². The molecular formula is C19H26N4O2S. The summed E-state index contributed by atoms with van der Waals surface area (Å²) in [6.45, 7) is 6.71. The van der Waals surface area contributed by atoms with Crippen molar-refractivity contribution in [1.29, 1.82) is 0 Å². The monoisotopic (exact) mass is 374 g/mol. The molecule has 26 heavy (non-hydrogen) atoms. The summed E-state index contributed by atoms with van der Waals surface area (Å²) >= 11 is 0. The summed E-state index contributed by atoms with van der Waals surface area (Å²) in [5.41, 5.74) is 8.81. The number of sulfonamides is 1. The number of anilines is 1. The molecule has 4 N–H and O–H groups in total. The van der Waals surface area contributed by atoms with Gasteiger partial charge in [-0.2, -0.15) is 0 Å². The fraction of sp³-hybridized carbons (Fsp3) is 0.316. The van der Waals surface area contributed by atoms with Gasteiger partial charge < -0.3 is 11.1 Å². The third-order valence-electron chi connectivity index (χ3n) is 3.67. The van der Waals surface area contributed by atoms with E-state index in [-0.39, 0.29) is 10.8 Å². The average Bonchev–Trinajstić information content (AvgIpc) is 2.61. The summed E-state index contributed by atoms with van der Waals surface area (Å²) in [6.07, 6.45) is 0. The number of nitrogens with one attached hydrogen (secondary N) is 2. The predicted octanol–water partition coefficient (Wildman–Crippen LogP) is 2.86. The molecule has 0 heterocycles. The largest absolute Gasteiger partial charge is 0.370 e. The van der Waals surface area contributed by atoms with Crippen molar-refractivity contribution < 1.29 is 8.42 Å². The molecule has 0 aliphatic heterocycles. The molecule has 0 unspecified atom stereocenters. The van der Waals surface area contributed by atoms with E-state index in [1.165, 1.54) is 5.56 Å². The molecule has 0 saturated carbocycles. The van der Waals surface area contributed by atoms with E-state index in [4.69, 9.17) is 5.73 Å². The second-order valence-electron chi connectivity index (χ2n) is 6.58. The van der Waals surface area contributed by atoms with Crippen LogP contribution in [0.15, 0.2) is 58.4 Å². The van der Waals surface area contributed by atoms with Gasteiger partial charge in [0.1, 0.15) is 0 Å². The molecule has 0 aliphatic rings. The molecule has 0 bridgehead atoms. The van der Waals surface area contributed by atoms with E-state index >= 15 is 0 Å². The first-order valence-electron chi connectivity index (χ1n) is 8.48. The topological polar surface area (TPSA) is 96.6 Å². The molecule has 2 aromatic carbocycles. The van der Waals surface area contributed by atoms with Gasteiger partial charge in [-0.15, -0.1) is 0 Å². The molecule has 0 amide bonds. The van der Waals surface area contributed by atoms with Crippen molar-refractivity contribution >= 4 is 21.7 Å².